The fraction of sp³-hybridized carbons (Fsp3) is 0.667. The van der Waals surface area contributed by atoms with Crippen LogP contribution in [0.5, 0.6) is 0 Å². The first-order valence-electron chi connectivity index (χ1n) is 7.46. The Morgan fingerprint density at radius 2 is 2.38 bits per heavy atom. The minimum Gasteiger partial charge on any atom is -0.301 e. The average Bonchev–Trinajstić information content (AvgIpc) is 3.25. The van der Waals surface area contributed by atoms with Crippen molar-refractivity contribution in [2.45, 2.75) is 62.7 Å². The van der Waals surface area contributed by atoms with Gasteiger partial charge in [-0.25, -0.2) is 4.98 Å². The van der Waals surface area contributed by atoms with Gasteiger partial charge in [-0.3, -0.25) is 10.1 Å². The Morgan fingerprint density at radius 1 is 1.62 bits per heavy atom. The number of thioether (sulfide) groups is 1. The topological polar surface area (TPSA) is 81.6 Å². The van der Waals surface area contributed by atoms with Crippen molar-refractivity contribution < 1.29 is 0 Å². The first-order valence-corrected chi connectivity index (χ1v) is 8.45. The monoisotopic (exact) mass is 306 g/mol. The minimum absolute atomic E-state index is 0.111. The van der Waals surface area contributed by atoms with E-state index in [0.717, 1.165) is 30.7 Å². The Kier molecular flexibility index (Phi) is 5.43. The Labute approximate surface area is 129 Å². The van der Waals surface area contributed by atoms with E-state index in [0.29, 0.717) is 11.2 Å². The van der Waals surface area contributed by atoms with Crippen molar-refractivity contribution in [2.75, 3.05) is 5.75 Å². The molecule has 5 nitrogen and oxygen atoms in total. The highest BCUT2D eigenvalue weighted by atomic mass is 32.2. The predicted molar refractivity (Wildman–Crippen MR) is 84.3 cm³/mol. The van der Waals surface area contributed by atoms with E-state index in [-0.39, 0.29) is 5.56 Å². The second-order valence-electron chi connectivity index (χ2n) is 5.61. The number of H-pyrrole nitrogens is 1. The van der Waals surface area contributed by atoms with E-state index < -0.39 is 5.54 Å². The molecule has 0 aromatic carbocycles. The van der Waals surface area contributed by atoms with Gasteiger partial charge in [0, 0.05) is 23.6 Å². The van der Waals surface area contributed by atoms with Gasteiger partial charge in [0.2, 0.25) is 0 Å². The van der Waals surface area contributed by atoms with E-state index in [1.54, 1.807) is 11.8 Å². The van der Waals surface area contributed by atoms with Crippen LogP contribution in [-0.2, 0) is 0 Å². The third kappa shape index (κ3) is 4.87. The van der Waals surface area contributed by atoms with Crippen LogP contribution in [0.3, 0.4) is 0 Å². The molecule has 2 N–H and O–H groups in total. The second kappa shape index (κ2) is 7.10. The predicted octanol–water partition coefficient (Wildman–Crippen LogP) is 2.38. The summed E-state index contributed by atoms with van der Waals surface area (Å²) in [6, 6.07) is 4.48. The summed E-state index contributed by atoms with van der Waals surface area (Å²) < 4.78 is 0. The third-order valence-electron chi connectivity index (χ3n) is 3.71. The molecule has 1 atom stereocenters. The number of hydrogen-bond donors (Lipinski definition) is 2. The maximum atomic E-state index is 11.4. The van der Waals surface area contributed by atoms with Crippen LogP contribution in [0, 0.1) is 18.3 Å². The highest BCUT2D eigenvalue weighted by Gasteiger charge is 2.34. The van der Waals surface area contributed by atoms with E-state index in [9.17, 15) is 10.1 Å². The SMILES string of the molecule is CCC(C#N)(CCCSc1nc(C)cc(=O)[nH]1)NC1CC1. The average molecular weight is 306 g/mol. The molecule has 0 aliphatic heterocycles. The molecule has 1 fully saturated rings. The molecule has 2 rings (SSSR count). The molecule has 0 bridgehead atoms. The maximum absolute atomic E-state index is 11.4. The van der Waals surface area contributed by atoms with Gasteiger partial charge < -0.3 is 4.98 Å². The Bertz CT molecular complexity index is 576. The van der Waals surface area contributed by atoms with Crippen LogP contribution in [0.15, 0.2) is 16.0 Å². The third-order valence-corrected chi connectivity index (χ3v) is 4.67. The Hall–Kier alpha value is -1.32. The summed E-state index contributed by atoms with van der Waals surface area (Å²) >= 11 is 1.54. The summed E-state index contributed by atoms with van der Waals surface area (Å²) in [6.07, 6.45) is 4.95. The quantitative estimate of drug-likeness (QED) is 0.438. The molecule has 114 valence electrons. The number of nitrogens with zero attached hydrogens (tertiary/aromatic N) is 2. The number of aromatic amines is 1. The molecule has 1 aromatic heterocycles. The maximum Gasteiger partial charge on any atom is 0.251 e. The summed E-state index contributed by atoms with van der Waals surface area (Å²) in [5.74, 6) is 0.849. The molecule has 1 heterocycles. The number of hydrogen-bond acceptors (Lipinski definition) is 5. The van der Waals surface area contributed by atoms with E-state index in [2.05, 4.69) is 28.3 Å². The molecule has 0 saturated heterocycles. The smallest absolute Gasteiger partial charge is 0.251 e. The number of rotatable bonds is 8. The number of nitriles is 1. The van der Waals surface area contributed by atoms with Crippen molar-refractivity contribution >= 4 is 11.8 Å². The van der Waals surface area contributed by atoms with Gasteiger partial charge in [-0.2, -0.15) is 5.26 Å². The zero-order chi connectivity index (χ0) is 15.3. The van der Waals surface area contributed by atoms with Gasteiger partial charge in [0.15, 0.2) is 5.16 Å². The molecule has 0 spiro atoms. The van der Waals surface area contributed by atoms with Crippen molar-refractivity contribution in [2.24, 2.45) is 0 Å². The number of nitrogens with one attached hydrogen (secondary N) is 2. The summed E-state index contributed by atoms with van der Waals surface area (Å²) in [4.78, 5) is 18.4. The lowest BCUT2D eigenvalue weighted by Gasteiger charge is -2.26. The molecular formula is C15H22N4OS. The molecule has 0 radical (unpaired) electrons. The van der Waals surface area contributed by atoms with Gasteiger partial charge in [-0.1, -0.05) is 18.7 Å². The van der Waals surface area contributed by atoms with Crippen molar-refractivity contribution in [3.8, 4) is 6.07 Å². The lowest BCUT2D eigenvalue weighted by Crippen LogP contribution is -2.44. The van der Waals surface area contributed by atoms with Gasteiger partial charge in [0.05, 0.1) is 6.07 Å². The van der Waals surface area contributed by atoms with E-state index in [4.69, 9.17) is 0 Å². The van der Waals surface area contributed by atoms with Crippen LogP contribution in [0.4, 0.5) is 0 Å². The minimum atomic E-state index is -0.394. The van der Waals surface area contributed by atoms with Crippen molar-refractivity contribution in [3.05, 3.63) is 22.1 Å². The number of aryl methyl sites for hydroxylation is 1. The zero-order valence-corrected chi connectivity index (χ0v) is 13.4. The molecule has 1 aliphatic carbocycles. The van der Waals surface area contributed by atoms with Crippen molar-refractivity contribution in [1.29, 1.82) is 5.26 Å². The van der Waals surface area contributed by atoms with Crippen molar-refractivity contribution in [3.63, 3.8) is 0 Å². The van der Waals surface area contributed by atoms with Gasteiger partial charge in [-0.15, -0.1) is 0 Å². The number of aromatic nitrogens is 2. The van der Waals surface area contributed by atoms with Crippen LogP contribution in [0.1, 0.15) is 44.7 Å². The first kappa shape index (κ1) is 16.1. The largest absolute Gasteiger partial charge is 0.301 e. The zero-order valence-electron chi connectivity index (χ0n) is 12.6. The second-order valence-corrected chi connectivity index (χ2v) is 6.69. The fourth-order valence-corrected chi connectivity index (χ4v) is 3.16. The van der Waals surface area contributed by atoms with E-state index in [1.165, 1.54) is 18.9 Å². The summed E-state index contributed by atoms with van der Waals surface area (Å²) in [6.45, 7) is 3.88. The fourth-order valence-electron chi connectivity index (χ4n) is 2.30. The molecule has 21 heavy (non-hydrogen) atoms. The van der Waals surface area contributed by atoms with E-state index in [1.807, 2.05) is 6.92 Å². The molecule has 6 heteroatoms. The van der Waals surface area contributed by atoms with Crippen LogP contribution >= 0.6 is 11.8 Å². The standard InChI is InChI=1S/C15H22N4OS/c1-3-15(10-16,19-12-5-6-12)7-4-8-21-14-17-11(2)9-13(20)18-14/h9,12,19H,3-8H2,1-2H3,(H,17,18,20). The van der Waals surface area contributed by atoms with Gasteiger partial charge in [-0.05, 0) is 39.0 Å². The molecule has 1 aromatic rings. The summed E-state index contributed by atoms with van der Waals surface area (Å²) in [7, 11) is 0. The van der Waals surface area contributed by atoms with Gasteiger partial charge in [0.1, 0.15) is 5.54 Å². The summed E-state index contributed by atoms with van der Waals surface area (Å²) in [5.41, 5.74) is 0.228. The van der Waals surface area contributed by atoms with Crippen LogP contribution in [0.25, 0.3) is 0 Å². The van der Waals surface area contributed by atoms with Crippen LogP contribution < -0.4 is 10.9 Å². The summed E-state index contributed by atoms with van der Waals surface area (Å²) in [5, 5.41) is 13.6. The van der Waals surface area contributed by atoms with Gasteiger partial charge >= 0.3 is 0 Å². The van der Waals surface area contributed by atoms with Crippen LogP contribution in [0.2, 0.25) is 0 Å². The molecule has 0 amide bonds. The molecule has 1 unspecified atom stereocenters. The highest BCUT2D eigenvalue weighted by molar-refractivity contribution is 7.99. The Balaban J connectivity index is 1.82. The highest BCUT2D eigenvalue weighted by Crippen LogP contribution is 2.27. The lowest BCUT2D eigenvalue weighted by molar-refractivity contribution is 0.367. The molecular weight excluding hydrogens is 284 g/mol. The van der Waals surface area contributed by atoms with E-state index >= 15 is 0 Å². The Morgan fingerprint density at radius 3 is 2.95 bits per heavy atom. The van der Waals surface area contributed by atoms with Crippen LogP contribution in [-0.4, -0.2) is 27.3 Å². The van der Waals surface area contributed by atoms with Crippen molar-refractivity contribution in [1.82, 2.24) is 15.3 Å². The lowest BCUT2D eigenvalue weighted by atomic mass is 9.92. The molecule has 1 saturated carbocycles. The first-order chi connectivity index (χ1) is 10.1. The molecule has 1 aliphatic rings. The normalized spacial score (nSPS) is 17.2. The van der Waals surface area contributed by atoms with Gasteiger partial charge in [0.25, 0.3) is 5.56 Å².